The average molecular weight is 301 g/mol. The Morgan fingerprint density at radius 2 is 1.91 bits per heavy atom. The van der Waals surface area contributed by atoms with Crippen LogP contribution in [0.15, 0.2) is 61.1 Å². The monoisotopic (exact) mass is 301 g/mol. The molecule has 0 amide bonds. The molecule has 0 N–H and O–H groups in total. The van der Waals surface area contributed by atoms with E-state index in [1.807, 2.05) is 41.3 Å². The molecule has 0 aliphatic rings. The van der Waals surface area contributed by atoms with Crippen LogP contribution in [-0.2, 0) is 6.54 Å². The van der Waals surface area contributed by atoms with Crippen LogP contribution in [0.3, 0.4) is 0 Å². The van der Waals surface area contributed by atoms with Crippen molar-refractivity contribution < 1.29 is 0 Å². The summed E-state index contributed by atoms with van der Waals surface area (Å²) in [6.45, 7) is 2.84. The summed E-state index contributed by atoms with van der Waals surface area (Å²) in [6.07, 6.45) is 5.41. The Hall–Kier alpha value is -3.08. The summed E-state index contributed by atoms with van der Waals surface area (Å²) < 4.78 is 1.95. The lowest BCUT2D eigenvalue weighted by Crippen LogP contribution is -2.00. The van der Waals surface area contributed by atoms with Gasteiger partial charge in [0.15, 0.2) is 0 Å². The van der Waals surface area contributed by atoms with Crippen molar-refractivity contribution in [2.45, 2.75) is 13.5 Å². The van der Waals surface area contributed by atoms with Crippen molar-refractivity contribution >= 4 is 10.8 Å². The number of aryl methyl sites for hydroxylation is 1. The lowest BCUT2D eigenvalue weighted by atomic mass is 10.1. The van der Waals surface area contributed by atoms with Crippen LogP contribution in [0.2, 0.25) is 0 Å². The molecule has 5 heteroatoms. The predicted octanol–water partition coefficient (Wildman–Crippen LogP) is 3.58. The molecule has 3 heterocycles. The molecule has 4 aromatic rings. The second-order valence-electron chi connectivity index (χ2n) is 5.25. The second kappa shape index (κ2) is 5.61. The lowest BCUT2D eigenvalue weighted by Gasteiger charge is -2.03. The molecule has 112 valence electrons. The molecule has 5 nitrogen and oxygen atoms in total. The molecule has 23 heavy (non-hydrogen) atoms. The molecule has 1 aromatic carbocycles. The van der Waals surface area contributed by atoms with Gasteiger partial charge in [-0.15, -0.1) is 5.10 Å². The number of rotatable bonds is 3. The van der Waals surface area contributed by atoms with Crippen molar-refractivity contribution in [1.29, 1.82) is 0 Å². The Kier molecular flexibility index (Phi) is 3.31. The average Bonchev–Trinajstić information content (AvgIpc) is 3.06. The minimum atomic E-state index is 0.768. The maximum absolute atomic E-state index is 4.73. The van der Waals surface area contributed by atoms with Crippen molar-refractivity contribution in [2.24, 2.45) is 0 Å². The zero-order valence-electron chi connectivity index (χ0n) is 12.7. The van der Waals surface area contributed by atoms with Crippen molar-refractivity contribution in [2.75, 3.05) is 0 Å². The molecule has 4 rings (SSSR count). The van der Waals surface area contributed by atoms with E-state index in [1.165, 1.54) is 0 Å². The topological polar surface area (TPSA) is 56.5 Å². The minimum absolute atomic E-state index is 0.768. The van der Waals surface area contributed by atoms with E-state index >= 15 is 0 Å². The largest absolute Gasteiger partial charge is 0.263 e. The number of benzene rings is 1. The van der Waals surface area contributed by atoms with E-state index in [4.69, 9.17) is 5.10 Å². The van der Waals surface area contributed by atoms with Gasteiger partial charge in [0.25, 0.3) is 0 Å². The summed E-state index contributed by atoms with van der Waals surface area (Å²) in [5.74, 6) is 0. The third-order valence-corrected chi connectivity index (χ3v) is 3.86. The number of fused-ring (bicyclic) bond motifs is 1. The SMILES string of the molecule is CCn1nc(-c2cncc3ccccc23)cc1-c1cccnn1. The van der Waals surface area contributed by atoms with Crippen LogP contribution in [0, 0.1) is 0 Å². The molecule has 0 aliphatic heterocycles. The van der Waals surface area contributed by atoms with Gasteiger partial charge in [-0.3, -0.25) is 9.67 Å². The van der Waals surface area contributed by atoms with Gasteiger partial charge in [-0.1, -0.05) is 24.3 Å². The Morgan fingerprint density at radius 1 is 1.00 bits per heavy atom. The molecule has 0 unspecified atom stereocenters. The van der Waals surface area contributed by atoms with Crippen LogP contribution in [0.25, 0.3) is 33.4 Å². The number of nitrogens with zero attached hydrogens (tertiary/aromatic N) is 5. The Labute approximate surface area is 133 Å². The first-order chi connectivity index (χ1) is 11.4. The number of pyridine rings is 1. The van der Waals surface area contributed by atoms with E-state index in [2.05, 4.69) is 40.3 Å². The predicted molar refractivity (Wildman–Crippen MR) is 89.7 cm³/mol. The summed E-state index contributed by atoms with van der Waals surface area (Å²) in [4.78, 5) is 4.35. The third-order valence-electron chi connectivity index (χ3n) is 3.86. The van der Waals surface area contributed by atoms with E-state index in [0.29, 0.717) is 0 Å². The summed E-state index contributed by atoms with van der Waals surface area (Å²) in [6, 6.07) is 14.1. The Morgan fingerprint density at radius 3 is 2.74 bits per heavy atom. The lowest BCUT2D eigenvalue weighted by molar-refractivity contribution is 0.667. The van der Waals surface area contributed by atoms with Crippen LogP contribution in [-0.4, -0.2) is 25.0 Å². The van der Waals surface area contributed by atoms with Gasteiger partial charge < -0.3 is 0 Å². The van der Waals surface area contributed by atoms with Gasteiger partial charge in [0, 0.05) is 36.1 Å². The molecule has 0 aliphatic carbocycles. The van der Waals surface area contributed by atoms with Crippen LogP contribution in [0.1, 0.15) is 6.92 Å². The Balaban J connectivity index is 1.91. The van der Waals surface area contributed by atoms with Gasteiger partial charge in [-0.05, 0) is 30.5 Å². The van der Waals surface area contributed by atoms with Gasteiger partial charge >= 0.3 is 0 Å². The molecule has 0 bridgehead atoms. The normalized spacial score (nSPS) is 11.0. The Bertz CT molecular complexity index is 954. The highest BCUT2D eigenvalue weighted by Gasteiger charge is 2.13. The minimum Gasteiger partial charge on any atom is -0.263 e. The fourth-order valence-corrected chi connectivity index (χ4v) is 2.75. The van der Waals surface area contributed by atoms with Crippen molar-refractivity contribution in [3.8, 4) is 22.6 Å². The number of hydrogen-bond donors (Lipinski definition) is 0. The van der Waals surface area contributed by atoms with Gasteiger partial charge in [0.2, 0.25) is 0 Å². The summed E-state index contributed by atoms with van der Waals surface area (Å²) >= 11 is 0. The van der Waals surface area contributed by atoms with E-state index < -0.39 is 0 Å². The smallest absolute Gasteiger partial charge is 0.111 e. The first-order valence-corrected chi connectivity index (χ1v) is 7.56. The van der Waals surface area contributed by atoms with Crippen LogP contribution >= 0.6 is 0 Å². The van der Waals surface area contributed by atoms with E-state index in [1.54, 1.807) is 6.20 Å². The molecular formula is C18H15N5. The second-order valence-corrected chi connectivity index (χ2v) is 5.25. The molecule has 0 fully saturated rings. The molecule has 0 atom stereocenters. The quantitative estimate of drug-likeness (QED) is 0.580. The maximum atomic E-state index is 4.73. The molecule has 0 spiro atoms. The van der Waals surface area contributed by atoms with Crippen LogP contribution in [0.5, 0.6) is 0 Å². The molecule has 3 aromatic heterocycles. The van der Waals surface area contributed by atoms with Gasteiger partial charge in [-0.25, -0.2) is 0 Å². The molecule has 0 radical (unpaired) electrons. The first kappa shape index (κ1) is 13.6. The van der Waals surface area contributed by atoms with E-state index in [-0.39, 0.29) is 0 Å². The highest BCUT2D eigenvalue weighted by molar-refractivity contribution is 5.95. The van der Waals surface area contributed by atoms with Gasteiger partial charge in [-0.2, -0.15) is 10.2 Å². The van der Waals surface area contributed by atoms with Crippen molar-refractivity contribution in [3.63, 3.8) is 0 Å². The van der Waals surface area contributed by atoms with Gasteiger partial charge in [0.1, 0.15) is 5.69 Å². The highest BCUT2D eigenvalue weighted by atomic mass is 15.3. The number of aromatic nitrogens is 5. The van der Waals surface area contributed by atoms with Crippen molar-refractivity contribution in [1.82, 2.24) is 25.0 Å². The van der Waals surface area contributed by atoms with Crippen LogP contribution < -0.4 is 0 Å². The van der Waals surface area contributed by atoms with E-state index in [9.17, 15) is 0 Å². The first-order valence-electron chi connectivity index (χ1n) is 7.56. The standard InChI is InChI=1S/C18H15N5/c1-2-23-18(16-8-5-9-20-21-16)10-17(22-23)15-12-19-11-13-6-3-4-7-14(13)15/h3-12H,2H2,1H3. The molecule has 0 saturated carbocycles. The highest BCUT2D eigenvalue weighted by Crippen LogP contribution is 2.29. The zero-order chi connectivity index (χ0) is 15.6. The third kappa shape index (κ3) is 2.36. The fraction of sp³-hybridized carbons (Fsp3) is 0.111. The van der Waals surface area contributed by atoms with E-state index in [0.717, 1.165) is 40.0 Å². The summed E-state index contributed by atoms with van der Waals surface area (Å²) in [7, 11) is 0. The summed E-state index contributed by atoms with van der Waals surface area (Å²) in [5, 5.41) is 15.2. The molecular weight excluding hydrogens is 286 g/mol. The van der Waals surface area contributed by atoms with Gasteiger partial charge in [0.05, 0.1) is 11.4 Å². The zero-order valence-corrected chi connectivity index (χ0v) is 12.7. The van der Waals surface area contributed by atoms with Crippen LogP contribution in [0.4, 0.5) is 0 Å². The molecule has 0 saturated heterocycles. The summed E-state index contributed by atoms with van der Waals surface area (Å²) in [5.41, 5.74) is 3.71. The number of hydrogen-bond acceptors (Lipinski definition) is 4. The van der Waals surface area contributed by atoms with Crippen molar-refractivity contribution in [3.05, 3.63) is 61.1 Å². The fourth-order valence-electron chi connectivity index (χ4n) is 2.75. The maximum Gasteiger partial charge on any atom is 0.111 e.